The summed E-state index contributed by atoms with van der Waals surface area (Å²) in [6.45, 7) is -0.853. The number of aliphatic hydroxyl groups excluding tert-OH is 4. The molecular weight excluding hydrogens is 254 g/mol. The van der Waals surface area contributed by atoms with Crippen molar-refractivity contribution in [3.05, 3.63) is 0 Å². The molecule has 0 aromatic rings. The summed E-state index contributed by atoms with van der Waals surface area (Å²) in [4.78, 5) is 10.7. The van der Waals surface area contributed by atoms with E-state index in [2.05, 4.69) is 17.3 Å². The van der Waals surface area contributed by atoms with Gasteiger partial charge in [0.2, 0.25) is 0 Å². The number of aliphatic hydroxyl groups is 4. The maximum absolute atomic E-state index is 10.7. The van der Waals surface area contributed by atoms with Gasteiger partial charge in [-0.05, 0) is 12.2 Å². The van der Waals surface area contributed by atoms with E-state index < -0.39 is 36.6 Å². The van der Waals surface area contributed by atoms with Gasteiger partial charge < -0.3 is 31.3 Å². The van der Waals surface area contributed by atoms with Crippen molar-refractivity contribution in [1.29, 1.82) is 0 Å². The summed E-state index contributed by atoms with van der Waals surface area (Å²) in [7, 11) is 0. The van der Waals surface area contributed by atoms with E-state index in [0.717, 1.165) is 0 Å². The van der Waals surface area contributed by atoms with Crippen LogP contribution in [0, 0.1) is 0 Å². The molecule has 0 fully saturated rings. The van der Waals surface area contributed by atoms with Crippen LogP contribution >= 0.6 is 12.2 Å². The van der Waals surface area contributed by atoms with E-state index in [-0.39, 0.29) is 5.11 Å². The SMILES string of the molecule is NC(=S)N/N=C(/C(=O)O)[C@@H](O)[C@@H](O)[C@H](O)CO. The van der Waals surface area contributed by atoms with Crippen LogP contribution in [-0.4, -0.2) is 67.2 Å². The minimum absolute atomic E-state index is 0.340. The third kappa shape index (κ3) is 5.01. The first-order chi connectivity index (χ1) is 7.81. The standard InChI is InChI=1S/C7H13N3O6S/c8-7(17)10-9-3(6(15)16)5(14)4(13)2(12)1-11/h2,4-5,11-14H,1H2,(H,15,16)(H3,8,10,17)/b9-3+/t2-,4+,5-/m1/s1. The maximum Gasteiger partial charge on any atom is 0.354 e. The minimum Gasteiger partial charge on any atom is -0.477 e. The normalized spacial score (nSPS) is 17.1. The number of hydrogen-bond acceptors (Lipinski definition) is 7. The third-order valence-electron chi connectivity index (χ3n) is 1.69. The van der Waals surface area contributed by atoms with Gasteiger partial charge in [0.25, 0.3) is 0 Å². The van der Waals surface area contributed by atoms with Crippen LogP contribution in [0.25, 0.3) is 0 Å². The van der Waals surface area contributed by atoms with Crippen molar-refractivity contribution in [1.82, 2.24) is 5.43 Å². The van der Waals surface area contributed by atoms with Crippen molar-refractivity contribution in [2.45, 2.75) is 18.3 Å². The fourth-order valence-corrected chi connectivity index (χ4v) is 0.882. The Bertz CT molecular complexity index is 323. The first kappa shape index (κ1) is 15.7. The van der Waals surface area contributed by atoms with Crippen molar-refractivity contribution >= 4 is 29.0 Å². The summed E-state index contributed by atoms with van der Waals surface area (Å²) in [6.07, 6.45) is -5.64. The van der Waals surface area contributed by atoms with Crippen LogP contribution in [0.3, 0.4) is 0 Å². The summed E-state index contributed by atoms with van der Waals surface area (Å²) in [5, 5.41) is 47.7. The van der Waals surface area contributed by atoms with Crippen LogP contribution < -0.4 is 11.2 Å². The van der Waals surface area contributed by atoms with Gasteiger partial charge in [-0.25, -0.2) is 4.79 Å². The van der Waals surface area contributed by atoms with E-state index in [1.165, 1.54) is 0 Å². The molecule has 0 aliphatic carbocycles. The fraction of sp³-hybridized carbons (Fsp3) is 0.571. The molecule has 10 heteroatoms. The van der Waals surface area contributed by atoms with Crippen LogP contribution in [0.2, 0.25) is 0 Å². The molecule has 0 radical (unpaired) electrons. The fourth-order valence-electron chi connectivity index (χ4n) is 0.836. The van der Waals surface area contributed by atoms with E-state index in [0.29, 0.717) is 0 Å². The van der Waals surface area contributed by atoms with Gasteiger partial charge in [0.1, 0.15) is 18.3 Å². The van der Waals surface area contributed by atoms with Gasteiger partial charge in [-0.15, -0.1) is 0 Å². The zero-order valence-electron chi connectivity index (χ0n) is 8.52. The average molecular weight is 267 g/mol. The molecule has 0 rings (SSSR count). The summed E-state index contributed by atoms with van der Waals surface area (Å²) in [5.41, 5.74) is 6.01. The molecule has 0 aromatic heterocycles. The second-order valence-electron chi connectivity index (χ2n) is 2.96. The monoisotopic (exact) mass is 267 g/mol. The Morgan fingerprint density at radius 3 is 2.29 bits per heavy atom. The van der Waals surface area contributed by atoms with E-state index in [4.69, 9.17) is 21.1 Å². The lowest BCUT2D eigenvalue weighted by atomic mass is 10.0. The highest BCUT2D eigenvalue weighted by Gasteiger charge is 2.32. The largest absolute Gasteiger partial charge is 0.477 e. The first-order valence-electron chi connectivity index (χ1n) is 4.32. The number of nitrogens with zero attached hydrogens (tertiary/aromatic N) is 1. The second kappa shape index (κ2) is 7.09. The van der Waals surface area contributed by atoms with Crippen molar-refractivity contribution in [2.24, 2.45) is 10.8 Å². The molecule has 0 saturated carbocycles. The Balaban J connectivity index is 4.88. The van der Waals surface area contributed by atoms with Crippen molar-refractivity contribution in [3.8, 4) is 0 Å². The molecule has 8 N–H and O–H groups in total. The van der Waals surface area contributed by atoms with Gasteiger partial charge in [-0.3, -0.25) is 5.43 Å². The van der Waals surface area contributed by atoms with E-state index in [1.807, 2.05) is 5.43 Å². The number of nitrogens with one attached hydrogen (secondary N) is 1. The second-order valence-corrected chi connectivity index (χ2v) is 3.40. The van der Waals surface area contributed by atoms with Gasteiger partial charge in [0, 0.05) is 0 Å². The number of thiocarbonyl (C=S) groups is 1. The van der Waals surface area contributed by atoms with Crippen molar-refractivity contribution < 1.29 is 30.3 Å². The third-order valence-corrected chi connectivity index (χ3v) is 1.78. The topological polar surface area (TPSA) is 169 Å². The molecule has 0 bridgehead atoms. The minimum atomic E-state index is -2.02. The number of aliphatic carboxylic acids is 1. The predicted octanol–water partition coefficient (Wildman–Crippen LogP) is -3.66. The quantitative estimate of drug-likeness (QED) is 0.146. The Hall–Kier alpha value is -1.33. The highest BCUT2D eigenvalue weighted by molar-refractivity contribution is 7.80. The van der Waals surface area contributed by atoms with Gasteiger partial charge >= 0.3 is 5.97 Å². The molecule has 98 valence electrons. The van der Waals surface area contributed by atoms with Gasteiger partial charge in [-0.1, -0.05) is 0 Å². The lowest BCUT2D eigenvalue weighted by Gasteiger charge is -2.20. The zero-order valence-corrected chi connectivity index (χ0v) is 9.33. The van der Waals surface area contributed by atoms with E-state index in [1.54, 1.807) is 0 Å². The Labute approximate surface area is 101 Å². The number of carboxylic acids is 1. The Kier molecular flexibility index (Phi) is 6.53. The van der Waals surface area contributed by atoms with Gasteiger partial charge in [0.05, 0.1) is 6.61 Å². The number of hydrazone groups is 1. The Morgan fingerprint density at radius 1 is 1.41 bits per heavy atom. The molecule has 0 aromatic carbocycles. The molecule has 0 heterocycles. The summed E-state index contributed by atoms with van der Waals surface area (Å²) >= 11 is 4.36. The smallest absolute Gasteiger partial charge is 0.354 e. The first-order valence-corrected chi connectivity index (χ1v) is 4.73. The molecule has 0 unspecified atom stereocenters. The molecule has 0 aliphatic rings. The molecular formula is C7H13N3O6S. The molecule has 0 aliphatic heterocycles. The highest BCUT2D eigenvalue weighted by atomic mass is 32.1. The number of nitrogens with two attached hydrogens (primary N) is 1. The van der Waals surface area contributed by atoms with Crippen LogP contribution in [0.4, 0.5) is 0 Å². The number of hydrogen-bond donors (Lipinski definition) is 7. The summed E-state index contributed by atoms with van der Waals surface area (Å²) in [6, 6.07) is 0. The molecule has 9 nitrogen and oxygen atoms in total. The highest BCUT2D eigenvalue weighted by Crippen LogP contribution is 2.02. The van der Waals surface area contributed by atoms with Crippen LogP contribution in [0.5, 0.6) is 0 Å². The van der Waals surface area contributed by atoms with Crippen molar-refractivity contribution in [2.75, 3.05) is 6.61 Å². The van der Waals surface area contributed by atoms with Gasteiger partial charge in [-0.2, -0.15) is 5.10 Å². The Morgan fingerprint density at radius 2 is 1.94 bits per heavy atom. The van der Waals surface area contributed by atoms with Crippen LogP contribution in [0.15, 0.2) is 5.10 Å². The lowest BCUT2D eigenvalue weighted by molar-refractivity contribution is -0.130. The van der Waals surface area contributed by atoms with Crippen LogP contribution in [0.1, 0.15) is 0 Å². The van der Waals surface area contributed by atoms with E-state index in [9.17, 15) is 15.0 Å². The number of rotatable bonds is 6. The van der Waals surface area contributed by atoms with Crippen molar-refractivity contribution in [3.63, 3.8) is 0 Å². The number of carboxylic acid groups (broad SMARTS) is 1. The summed E-state index contributed by atoms with van der Waals surface area (Å²) < 4.78 is 0. The molecule has 0 saturated heterocycles. The molecule has 3 atom stereocenters. The zero-order chi connectivity index (χ0) is 13.6. The maximum atomic E-state index is 10.7. The molecule has 0 spiro atoms. The average Bonchev–Trinajstić information content (AvgIpc) is 2.25. The predicted molar refractivity (Wildman–Crippen MR) is 60.1 cm³/mol. The molecule has 17 heavy (non-hydrogen) atoms. The van der Waals surface area contributed by atoms with Crippen LogP contribution in [-0.2, 0) is 4.79 Å². The summed E-state index contributed by atoms with van der Waals surface area (Å²) in [5.74, 6) is -1.65. The molecule has 0 amide bonds. The lowest BCUT2D eigenvalue weighted by Crippen LogP contribution is -2.47. The number of carbonyl (C=O) groups is 1. The van der Waals surface area contributed by atoms with E-state index >= 15 is 0 Å². The van der Waals surface area contributed by atoms with Gasteiger partial charge in [0.15, 0.2) is 10.8 Å².